The minimum atomic E-state index is -3.77. The summed E-state index contributed by atoms with van der Waals surface area (Å²) in [5.41, 5.74) is 5.65. The smallest absolute Gasteiger partial charge is 0.181 e. The van der Waals surface area contributed by atoms with Crippen LogP contribution in [0.4, 0.5) is 5.69 Å². The zero-order chi connectivity index (χ0) is 14.8. The summed E-state index contributed by atoms with van der Waals surface area (Å²) in [6, 6.07) is 4.08. The third kappa shape index (κ3) is 4.09. The normalized spacial score (nSPS) is 12.8. The van der Waals surface area contributed by atoms with Crippen LogP contribution >= 0.6 is 11.6 Å². The molecule has 0 radical (unpaired) electrons. The molecule has 0 aliphatic rings. The van der Waals surface area contributed by atoms with Gasteiger partial charge in [0.1, 0.15) is 0 Å². The molecule has 0 saturated heterocycles. The minimum Gasteiger partial charge on any atom is -0.398 e. The monoisotopic (exact) mass is 325 g/mol. The van der Waals surface area contributed by atoms with E-state index in [1.807, 2.05) is 0 Å². The average molecular weight is 326 g/mol. The molecule has 0 aliphatic heterocycles. The fourth-order valence-corrected chi connectivity index (χ4v) is 4.82. The van der Waals surface area contributed by atoms with Gasteiger partial charge >= 0.3 is 0 Å². The third-order valence-corrected chi connectivity index (χ3v) is 7.13. The zero-order valence-corrected chi connectivity index (χ0v) is 13.0. The Morgan fingerprint density at radius 2 is 1.74 bits per heavy atom. The van der Waals surface area contributed by atoms with Gasteiger partial charge < -0.3 is 5.73 Å². The fourth-order valence-electron chi connectivity index (χ4n) is 1.35. The van der Waals surface area contributed by atoms with Crippen LogP contribution in [0.1, 0.15) is 13.8 Å². The maximum absolute atomic E-state index is 12.1. The highest BCUT2D eigenvalue weighted by molar-refractivity contribution is 7.95. The summed E-state index contributed by atoms with van der Waals surface area (Å²) in [5.74, 6) is -0.934. The van der Waals surface area contributed by atoms with E-state index in [4.69, 9.17) is 17.3 Å². The van der Waals surface area contributed by atoms with E-state index >= 15 is 0 Å². The van der Waals surface area contributed by atoms with Gasteiger partial charge in [-0.1, -0.05) is 11.6 Å². The van der Waals surface area contributed by atoms with Crippen molar-refractivity contribution in [2.24, 2.45) is 0 Å². The molecule has 0 aromatic heterocycles. The lowest BCUT2D eigenvalue weighted by Gasteiger charge is -2.10. The Bertz CT molecular complexity index is 666. The highest BCUT2D eigenvalue weighted by atomic mass is 35.5. The topological polar surface area (TPSA) is 94.3 Å². The van der Waals surface area contributed by atoms with Gasteiger partial charge in [-0.05, 0) is 32.0 Å². The van der Waals surface area contributed by atoms with Crippen molar-refractivity contribution in [3.8, 4) is 0 Å². The van der Waals surface area contributed by atoms with Crippen molar-refractivity contribution >= 4 is 37.0 Å². The second-order valence-electron chi connectivity index (χ2n) is 4.42. The van der Waals surface area contributed by atoms with E-state index in [0.29, 0.717) is 0 Å². The minimum absolute atomic E-state index is 0.0614. The number of hydrogen-bond acceptors (Lipinski definition) is 5. The highest BCUT2D eigenvalue weighted by Gasteiger charge is 2.24. The molecule has 5 nitrogen and oxygen atoms in total. The molecule has 1 aromatic carbocycles. The molecule has 2 N–H and O–H groups in total. The van der Waals surface area contributed by atoms with Gasteiger partial charge in [-0.2, -0.15) is 0 Å². The van der Waals surface area contributed by atoms with E-state index in [1.165, 1.54) is 32.0 Å². The molecule has 0 bridgehead atoms. The van der Waals surface area contributed by atoms with E-state index in [2.05, 4.69) is 0 Å². The Morgan fingerprint density at radius 1 is 1.16 bits per heavy atom. The van der Waals surface area contributed by atoms with E-state index < -0.39 is 36.4 Å². The van der Waals surface area contributed by atoms with Crippen molar-refractivity contribution in [2.45, 2.75) is 24.0 Å². The van der Waals surface area contributed by atoms with Gasteiger partial charge in [0.15, 0.2) is 19.7 Å². The molecule has 0 unspecified atom stereocenters. The van der Waals surface area contributed by atoms with Gasteiger partial charge in [0, 0.05) is 5.02 Å². The number of sulfone groups is 2. The number of benzene rings is 1. The van der Waals surface area contributed by atoms with Gasteiger partial charge in [0.05, 0.1) is 27.3 Å². The van der Waals surface area contributed by atoms with Gasteiger partial charge in [-0.15, -0.1) is 0 Å². The van der Waals surface area contributed by atoms with E-state index in [9.17, 15) is 16.8 Å². The number of anilines is 1. The van der Waals surface area contributed by atoms with Crippen molar-refractivity contribution < 1.29 is 16.8 Å². The van der Waals surface area contributed by atoms with Crippen LogP contribution in [0.3, 0.4) is 0 Å². The summed E-state index contributed by atoms with van der Waals surface area (Å²) >= 11 is 5.73. The summed E-state index contributed by atoms with van der Waals surface area (Å²) in [6.45, 7) is 3.02. The Hall–Kier alpha value is -0.790. The first-order chi connectivity index (χ1) is 8.56. The molecule has 0 atom stereocenters. The standard InChI is InChI=1S/C11H16ClNO4S2/c1-8(2)18(14,15)5-6-19(16,17)11-7-9(12)3-4-10(11)13/h3-4,7-8H,5-6,13H2,1-2H3. The van der Waals surface area contributed by atoms with E-state index in [1.54, 1.807) is 0 Å². The Labute approximate surface area is 118 Å². The summed E-state index contributed by atoms with van der Waals surface area (Å²) in [7, 11) is -7.18. The molecule has 0 aliphatic carbocycles. The fraction of sp³-hybridized carbons (Fsp3) is 0.455. The molecule has 108 valence electrons. The lowest BCUT2D eigenvalue weighted by Crippen LogP contribution is -2.24. The molecule has 8 heteroatoms. The maximum atomic E-state index is 12.1. The van der Waals surface area contributed by atoms with Crippen LogP contribution in [0.25, 0.3) is 0 Å². The molecule has 0 heterocycles. The van der Waals surface area contributed by atoms with Crippen LogP contribution < -0.4 is 5.73 Å². The van der Waals surface area contributed by atoms with Crippen molar-refractivity contribution in [1.82, 2.24) is 0 Å². The van der Waals surface area contributed by atoms with Gasteiger partial charge in [-0.25, -0.2) is 16.8 Å². The van der Waals surface area contributed by atoms with E-state index in [-0.39, 0.29) is 15.6 Å². The van der Waals surface area contributed by atoms with Crippen molar-refractivity contribution in [3.05, 3.63) is 23.2 Å². The summed E-state index contributed by atoms with van der Waals surface area (Å²) in [5, 5.41) is -0.376. The molecule has 19 heavy (non-hydrogen) atoms. The predicted octanol–water partition coefficient (Wildman–Crippen LogP) is 1.52. The van der Waals surface area contributed by atoms with Crippen LogP contribution in [0, 0.1) is 0 Å². The van der Waals surface area contributed by atoms with Crippen molar-refractivity contribution in [1.29, 1.82) is 0 Å². The third-order valence-electron chi connectivity index (χ3n) is 2.67. The first-order valence-electron chi connectivity index (χ1n) is 5.55. The predicted molar refractivity (Wildman–Crippen MR) is 76.8 cm³/mol. The number of nitrogen functional groups attached to an aromatic ring is 1. The van der Waals surface area contributed by atoms with Gasteiger partial charge in [0.2, 0.25) is 0 Å². The largest absolute Gasteiger partial charge is 0.398 e. The van der Waals surface area contributed by atoms with Crippen molar-refractivity contribution in [2.75, 3.05) is 17.2 Å². The molecule has 1 aromatic rings. The average Bonchev–Trinajstić information content (AvgIpc) is 2.30. The van der Waals surface area contributed by atoms with Gasteiger partial charge in [-0.3, -0.25) is 0 Å². The lowest BCUT2D eigenvalue weighted by molar-refractivity contribution is 0.582. The Balaban J connectivity index is 3.04. The molecule has 1 rings (SSSR count). The molecule has 0 amide bonds. The molecular weight excluding hydrogens is 310 g/mol. The van der Waals surface area contributed by atoms with Crippen LogP contribution in [0.2, 0.25) is 5.02 Å². The van der Waals surface area contributed by atoms with Crippen LogP contribution in [0.5, 0.6) is 0 Å². The second kappa shape index (κ2) is 5.68. The lowest BCUT2D eigenvalue weighted by atomic mass is 10.3. The number of halogens is 1. The maximum Gasteiger partial charge on any atom is 0.181 e. The van der Waals surface area contributed by atoms with Gasteiger partial charge in [0.25, 0.3) is 0 Å². The molecular formula is C11H16ClNO4S2. The van der Waals surface area contributed by atoms with Crippen LogP contribution in [0.15, 0.2) is 23.1 Å². The first-order valence-corrected chi connectivity index (χ1v) is 9.30. The summed E-state index contributed by atoms with van der Waals surface area (Å²) in [6.07, 6.45) is 0. The van der Waals surface area contributed by atoms with Crippen molar-refractivity contribution in [3.63, 3.8) is 0 Å². The molecule has 0 fully saturated rings. The Kier molecular flexibility index (Phi) is 4.86. The van der Waals surface area contributed by atoms with E-state index in [0.717, 1.165) is 0 Å². The van der Waals surface area contributed by atoms with Crippen LogP contribution in [-0.4, -0.2) is 33.6 Å². The zero-order valence-electron chi connectivity index (χ0n) is 10.6. The summed E-state index contributed by atoms with van der Waals surface area (Å²) in [4.78, 5) is -0.126. The summed E-state index contributed by atoms with van der Waals surface area (Å²) < 4.78 is 47.4. The second-order valence-corrected chi connectivity index (χ2v) is 9.61. The number of rotatable bonds is 5. The van der Waals surface area contributed by atoms with Crippen LogP contribution in [-0.2, 0) is 19.7 Å². The quantitative estimate of drug-likeness (QED) is 0.828. The number of hydrogen-bond donors (Lipinski definition) is 1. The number of nitrogens with two attached hydrogens (primary N) is 1. The Morgan fingerprint density at radius 3 is 2.26 bits per heavy atom. The highest BCUT2D eigenvalue weighted by Crippen LogP contribution is 2.24. The molecule has 0 spiro atoms. The molecule has 0 saturated carbocycles. The SMILES string of the molecule is CC(C)S(=O)(=O)CCS(=O)(=O)c1cc(Cl)ccc1N. The first kappa shape index (κ1) is 16.3.